The lowest BCUT2D eigenvalue weighted by molar-refractivity contribution is 0.568. The van der Waals surface area contributed by atoms with Gasteiger partial charge in [0.15, 0.2) is 0 Å². The molecule has 368 valence electrons. The average Bonchev–Trinajstić information content (AvgIpc) is 3.38. The first-order valence-electron chi connectivity index (χ1n) is 26.8. The van der Waals surface area contributed by atoms with Gasteiger partial charge in [0.2, 0.25) is 0 Å². The second-order valence-electron chi connectivity index (χ2n) is 25.2. The molecule has 2 heterocycles. The van der Waals surface area contributed by atoms with Crippen LogP contribution in [0.4, 0.5) is 34.1 Å². The molecular formula is C71H71BN2. The van der Waals surface area contributed by atoms with Gasteiger partial charge in [-0.3, -0.25) is 0 Å². The zero-order chi connectivity index (χ0) is 52.1. The Morgan fingerprint density at radius 3 is 0.932 bits per heavy atom. The van der Waals surface area contributed by atoms with Gasteiger partial charge in [0, 0.05) is 34.1 Å². The summed E-state index contributed by atoms with van der Waals surface area (Å²) in [5.74, 6) is 0. The summed E-state index contributed by atoms with van der Waals surface area (Å²) in [5, 5.41) is 0. The van der Waals surface area contributed by atoms with E-state index in [1.165, 1.54) is 123 Å². The van der Waals surface area contributed by atoms with Crippen LogP contribution in [-0.2, 0) is 21.7 Å². The summed E-state index contributed by atoms with van der Waals surface area (Å²) < 4.78 is 0. The molecule has 3 heteroatoms. The monoisotopic (exact) mass is 963 g/mol. The molecule has 0 spiro atoms. The molecule has 11 rings (SSSR count). The number of rotatable bonds is 6. The van der Waals surface area contributed by atoms with E-state index in [0.29, 0.717) is 0 Å². The third-order valence-corrected chi connectivity index (χ3v) is 15.7. The van der Waals surface area contributed by atoms with Crippen LogP contribution >= 0.6 is 0 Å². The Morgan fingerprint density at radius 1 is 0.297 bits per heavy atom. The molecule has 2 aliphatic rings. The fourth-order valence-electron chi connectivity index (χ4n) is 11.5. The van der Waals surface area contributed by atoms with Gasteiger partial charge in [-0.1, -0.05) is 229 Å². The normalized spacial score (nSPS) is 13.4. The SMILES string of the molecule is Cc1cc2c3c(c1)N(c1cc(C(C)(C)C)cc(C(C)(C)C)c1)c1ccc(-c4ccccc4-c4ccccc4)cc1B3c1cc(-c3ccccc3-c3ccccc3)ccc1N2c1cc(C(C)(C)C)cc(C(C)(C)C)c1. The Hall–Kier alpha value is -7.36. The van der Waals surface area contributed by atoms with Crippen molar-refractivity contribution < 1.29 is 0 Å². The molecule has 0 atom stereocenters. The van der Waals surface area contributed by atoms with Crippen LogP contribution in [0.2, 0.25) is 0 Å². The van der Waals surface area contributed by atoms with Gasteiger partial charge in [0.1, 0.15) is 0 Å². The van der Waals surface area contributed by atoms with Gasteiger partial charge in [-0.2, -0.15) is 0 Å². The predicted octanol–water partition coefficient (Wildman–Crippen LogP) is 17.9. The Kier molecular flexibility index (Phi) is 11.9. The predicted molar refractivity (Wildman–Crippen MR) is 322 cm³/mol. The van der Waals surface area contributed by atoms with Crippen LogP contribution in [0.3, 0.4) is 0 Å². The van der Waals surface area contributed by atoms with Gasteiger partial charge in [0.25, 0.3) is 6.71 Å². The van der Waals surface area contributed by atoms with Crippen LogP contribution in [0.1, 0.15) is 111 Å². The van der Waals surface area contributed by atoms with Crippen LogP contribution < -0.4 is 26.2 Å². The van der Waals surface area contributed by atoms with E-state index >= 15 is 0 Å². The van der Waals surface area contributed by atoms with E-state index in [1.54, 1.807) is 0 Å². The molecular weight excluding hydrogens is 892 g/mol. The lowest BCUT2D eigenvalue weighted by Crippen LogP contribution is -2.61. The topological polar surface area (TPSA) is 6.48 Å². The highest BCUT2D eigenvalue weighted by molar-refractivity contribution is 7.00. The van der Waals surface area contributed by atoms with Crippen molar-refractivity contribution in [1.29, 1.82) is 0 Å². The molecule has 0 N–H and O–H groups in total. The van der Waals surface area contributed by atoms with Crippen LogP contribution in [0.25, 0.3) is 44.5 Å². The summed E-state index contributed by atoms with van der Waals surface area (Å²) >= 11 is 0. The molecule has 74 heavy (non-hydrogen) atoms. The molecule has 0 fully saturated rings. The minimum atomic E-state index is -0.0912. The van der Waals surface area contributed by atoms with Gasteiger partial charge in [-0.15, -0.1) is 0 Å². The van der Waals surface area contributed by atoms with Crippen molar-refractivity contribution in [3.63, 3.8) is 0 Å². The first kappa shape index (κ1) is 48.9. The average molecular weight is 963 g/mol. The van der Waals surface area contributed by atoms with Gasteiger partial charge in [0.05, 0.1) is 0 Å². The van der Waals surface area contributed by atoms with Crippen LogP contribution in [0.15, 0.2) is 194 Å². The molecule has 0 amide bonds. The zero-order valence-corrected chi connectivity index (χ0v) is 45.9. The molecule has 0 aliphatic carbocycles. The second kappa shape index (κ2) is 17.9. The fourth-order valence-corrected chi connectivity index (χ4v) is 11.5. The maximum absolute atomic E-state index is 2.62. The van der Waals surface area contributed by atoms with Crippen molar-refractivity contribution in [3.05, 3.63) is 222 Å². The molecule has 0 saturated carbocycles. The Labute approximate surface area is 442 Å². The van der Waals surface area contributed by atoms with Crippen LogP contribution in [-0.4, -0.2) is 6.71 Å². The quantitative estimate of drug-likeness (QED) is 0.153. The molecule has 0 aromatic heterocycles. The molecule has 2 aliphatic heterocycles. The molecule has 0 radical (unpaired) electrons. The minimum absolute atomic E-state index is 0.0702. The molecule has 9 aromatic carbocycles. The second-order valence-corrected chi connectivity index (χ2v) is 25.2. The third-order valence-electron chi connectivity index (χ3n) is 15.7. The number of hydrogen-bond acceptors (Lipinski definition) is 2. The van der Waals surface area contributed by atoms with Crippen molar-refractivity contribution in [3.8, 4) is 44.5 Å². The molecule has 0 bridgehead atoms. The molecule has 9 aromatic rings. The Morgan fingerprint density at radius 2 is 0.608 bits per heavy atom. The van der Waals surface area contributed by atoms with E-state index in [0.717, 1.165) is 0 Å². The third kappa shape index (κ3) is 8.79. The van der Waals surface area contributed by atoms with Crippen LogP contribution in [0, 0.1) is 6.92 Å². The van der Waals surface area contributed by atoms with Crippen molar-refractivity contribution in [2.45, 2.75) is 112 Å². The Balaban J connectivity index is 1.27. The maximum Gasteiger partial charge on any atom is 0.252 e. The van der Waals surface area contributed by atoms with E-state index < -0.39 is 0 Å². The van der Waals surface area contributed by atoms with E-state index in [2.05, 4.69) is 294 Å². The van der Waals surface area contributed by atoms with E-state index in [9.17, 15) is 0 Å². The summed E-state index contributed by atoms with van der Waals surface area (Å²) in [6.45, 7) is 30.4. The number of benzene rings is 9. The standard InChI is InChI=1S/C71H71BN2/c1-46-36-65-67-66(37-46)74(56-44-53(70(8,9)10)41-54(45-56)71(11,12)13)64-35-33-50(60-31-23-21-29-58(60)48-26-18-15-19-27-48)39-62(64)72(67)61-38-49(59-30-22-20-28-57(59)47-24-16-14-17-25-47)32-34-63(61)73(65)55-42-51(68(2,3)4)40-52(43-55)69(5,6)7/h14-45H,1-13H3. The lowest BCUT2D eigenvalue weighted by Gasteiger charge is -2.45. The lowest BCUT2D eigenvalue weighted by atomic mass is 9.33. The molecule has 0 unspecified atom stereocenters. The highest BCUT2D eigenvalue weighted by Crippen LogP contribution is 2.49. The van der Waals surface area contributed by atoms with Crippen molar-refractivity contribution in [2.75, 3.05) is 9.80 Å². The summed E-state index contributed by atoms with van der Waals surface area (Å²) in [4.78, 5) is 5.25. The van der Waals surface area contributed by atoms with Gasteiger partial charge in [-0.25, -0.2) is 0 Å². The van der Waals surface area contributed by atoms with E-state index in [1.807, 2.05) is 0 Å². The van der Waals surface area contributed by atoms with Gasteiger partial charge >= 0.3 is 0 Å². The zero-order valence-electron chi connectivity index (χ0n) is 45.9. The smallest absolute Gasteiger partial charge is 0.252 e. The molecule has 2 nitrogen and oxygen atoms in total. The first-order valence-corrected chi connectivity index (χ1v) is 26.8. The summed E-state index contributed by atoms with van der Waals surface area (Å²) in [5.41, 5.74) is 27.3. The van der Waals surface area contributed by atoms with Crippen molar-refractivity contribution in [2.24, 2.45) is 0 Å². The number of hydrogen-bond donors (Lipinski definition) is 0. The first-order chi connectivity index (χ1) is 35.1. The summed E-state index contributed by atoms with van der Waals surface area (Å²) in [6, 6.07) is 74.1. The van der Waals surface area contributed by atoms with E-state index in [4.69, 9.17) is 0 Å². The van der Waals surface area contributed by atoms with E-state index in [-0.39, 0.29) is 28.4 Å². The number of fused-ring (bicyclic) bond motifs is 4. The Bertz CT molecular complexity index is 3310. The van der Waals surface area contributed by atoms with Gasteiger partial charge < -0.3 is 9.80 Å². The fraction of sp³-hybridized carbons (Fsp3) is 0.239. The highest BCUT2D eigenvalue weighted by Gasteiger charge is 2.44. The number of nitrogens with zero attached hydrogens (tertiary/aromatic N) is 2. The molecule has 0 saturated heterocycles. The summed E-state index contributed by atoms with van der Waals surface area (Å²) in [7, 11) is 0. The van der Waals surface area contributed by atoms with Crippen LogP contribution in [0.5, 0.6) is 0 Å². The minimum Gasteiger partial charge on any atom is -0.311 e. The highest BCUT2D eigenvalue weighted by atomic mass is 15.2. The number of anilines is 6. The number of aryl methyl sites for hydroxylation is 1. The van der Waals surface area contributed by atoms with Gasteiger partial charge in [-0.05, 0) is 166 Å². The maximum atomic E-state index is 2.62. The summed E-state index contributed by atoms with van der Waals surface area (Å²) in [6.07, 6.45) is 0. The largest absolute Gasteiger partial charge is 0.311 e. The van der Waals surface area contributed by atoms with Crippen molar-refractivity contribution in [1.82, 2.24) is 0 Å². The van der Waals surface area contributed by atoms with Crippen molar-refractivity contribution >= 4 is 57.2 Å².